The predicted octanol–water partition coefficient (Wildman–Crippen LogP) is 4.19. The molecule has 180 valence electrons. The van der Waals surface area contributed by atoms with Gasteiger partial charge < -0.3 is 15.1 Å². The number of piperazine rings is 1. The number of carbonyl (C=O) groups excluding carboxylic acids is 1. The number of amides is 1. The first kappa shape index (κ1) is 23.1. The second kappa shape index (κ2) is 9.50. The fourth-order valence-electron chi connectivity index (χ4n) is 4.71. The van der Waals surface area contributed by atoms with Crippen molar-refractivity contribution in [3.05, 3.63) is 77.5 Å². The number of fused-ring (bicyclic) bond motifs is 1. The number of hydrogen-bond donors (Lipinski definition) is 1. The van der Waals surface area contributed by atoms with Crippen LogP contribution in [0.2, 0.25) is 0 Å². The summed E-state index contributed by atoms with van der Waals surface area (Å²) in [4.78, 5) is 23.0. The van der Waals surface area contributed by atoms with E-state index in [4.69, 9.17) is 4.98 Å². The highest BCUT2D eigenvalue weighted by atomic mass is 16.1. The number of carbonyl (C=O) groups is 1. The fraction of sp³-hybridized carbons (Fsp3) is 0.321. The Balaban J connectivity index is 1.44. The molecule has 0 spiro atoms. The Morgan fingerprint density at radius 1 is 0.971 bits per heavy atom. The number of benzene rings is 2. The molecule has 4 aromatic rings. The monoisotopic (exact) mass is 468 g/mol. The van der Waals surface area contributed by atoms with Crippen molar-refractivity contribution in [2.75, 3.05) is 38.1 Å². The highest BCUT2D eigenvalue weighted by Gasteiger charge is 2.20. The van der Waals surface area contributed by atoms with Gasteiger partial charge in [-0.05, 0) is 62.4 Å². The molecule has 0 radical (unpaired) electrons. The molecule has 1 amide bonds. The summed E-state index contributed by atoms with van der Waals surface area (Å²) in [6, 6.07) is 18.1. The number of pyridine rings is 1. The molecule has 7 nitrogen and oxygen atoms in total. The van der Waals surface area contributed by atoms with Gasteiger partial charge in [-0.15, -0.1) is 0 Å². The zero-order chi connectivity index (χ0) is 24.5. The Bertz CT molecular complexity index is 1370. The van der Waals surface area contributed by atoms with Gasteiger partial charge >= 0.3 is 0 Å². The fourth-order valence-corrected chi connectivity index (χ4v) is 4.71. The van der Waals surface area contributed by atoms with E-state index in [-0.39, 0.29) is 11.9 Å². The molecule has 1 saturated heterocycles. The van der Waals surface area contributed by atoms with Gasteiger partial charge in [0.05, 0.1) is 17.3 Å². The Morgan fingerprint density at radius 2 is 1.74 bits per heavy atom. The second-order valence-corrected chi connectivity index (χ2v) is 9.47. The number of para-hydroxylation sites is 1. The topological polar surface area (TPSA) is 66.3 Å². The highest BCUT2D eigenvalue weighted by molar-refractivity contribution is 5.97. The van der Waals surface area contributed by atoms with E-state index in [0.29, 0.717) is 0 Å². The van der Waals surface area contributed by atoms with Crippen molar-refractivity contribution in [3.8, 4) is 11.4 Å². The number of rotatable bonds is 5. The van der Waals surface area contributed by atoms with Crippen molar-refractivity contribution in [2.24, 2.45) is 7.05 Å². The number of aryl methyl sites for hydroxylation is 2. The lowest BCUT2D eigenvalue weighted by molar-refractivity contribution is 0.0939. The zero-order valence-corrected chi connectivity index (χ0v) is 20.8. The summed E-state index contributed by atoms with van der Waals surface area (Å²) >= 11 is 0. The Morgan fingerprint density at radius 3 is 2.49 bits per heavy atom. The summed E-state index contributed by atoms with van der Waals surface area (Å²) in [6.07, 6.45) is 1.91. The number of hydrogen-bond acceptors (Lipinski definition) is 5. The summed E-state index contributed by atoms with van der Waals surface area (Å²) < 4.78 is 1.77. The average Bonchev–Trinajstić information content (AvgIpc) is 3.30. The summed E-state index contributed by atoms with van der Waals surface area (Å²) in [6.45, 7) is 8.02. The molecule has 2 aromatic carbocycles. The van der Waals surface area contributed by atoms with Crippen LogP contribution in [-0.4, -0.2) is 58.8 Å². The van der Waals surface area contributed by atoms with Crippen LogP contribution in [0.15, 0.2) is 60.8 Å². The smallest absolute Gasteiger partial charge is 0.252 e. The quantitative estimate of drug-likeness (QED) is 0.476. The lowest BCUT2D eigenvalue weighted by atomic mass is 10.00. The Labute approximate surface area is 206 Å². The van der Waals surface area contributed by atoms with Gasteiger partial charge in [-0.2, -0.15) is 5.10 Å². The van der Waals surface area contributed by atoms with Crippen molar-refractivity contribution >= 4 is 22.5 Å². The molecule has 1 N–H and O–H groups in total. The maximum absolute atomic E-state index is 13.5. The molecule has 3 heterocycles. The summed E-state index contributed by atoms with van der Waals surface area (Å²) in [7, 11) is 4.04. The Kier molecular flexibility index (Phi) is 6.26. The largest absolute Gasteiger partial charge is 0.369 e. The first-order chi connectivity index (χ1) is 16.9. The van der Waals surface area contributed by atoms with Crippen molar-refractivity contribution < 1.29 is 4.79 Å². The normalized spacial score (nSPS) is 15.4. The van der Waals surface area contributed by atoms with Gasteiger partial charge in [-0.1, -0.05) is 24.3 Å². The van der Waals surface area contributed by atoms with Gasteiger partial charge in [0.25, 0.3) is 5.91 Å². The minimum absolute atomic E-state index is 0.0637. The van der Waals surface area contributed by atoms with Crippen LogP contribution in [0.4, 0.5) is 5.69 Å². The van der Waals surface area contributed by atoms with Crippen LogP contribution in [0.1, 0.15) is 34.5 Å². The van der Waals surface area contributed by atoms with Crippen LogP contribution in [0, 0.1) is 6.92 Å². The molecule has 0 saturated carbocycles. The molecule has 35 heavy (non-hydrogen) atoms. The molecule has 1 aliphatic rings. The number of nitrogens with zero attached hydrogens (tertiary/aromatic N) is 5. The lowest BCUT2D eigenvalue weighted by Crippen LogP contribution is -2.44. The molecule has 1 fully saturated rings. The summed E-state index contributed by atoms with van der Waals surface area (Å²) in [5.41, 5.74) is 6.33. The van der Waals surface area contributed by atoms with Crippen molar-refractivity contribution in [1.82, 2.24) is 25.0 Å². The Hall–Kier alpha value is -3.71. The number of anilines is 1. The van der Waals surface area contributed by atoms with E-state index in [1.165, 1.54) is 0 Å². The van der Waals surface area contributed by atoms with E-state index >= 15 is 0 Å². The lowest BCUT2D eigenvalue weighted by Gasteiger charge is -2.34. The van der Waals surface area contributed by atoms with Crippen molar-refractivity contribution in [3.63, 3.8) is 0 Å². The zero-order valence-electron chi connectivity index (χ0n) is 20.8. The van der Waals surface area contributed by atoms with Gasteiger partial charge in [0.1, 0.15) is 5.69 Å². The third kappa shape index (κ3) is 4.77. The SMILES string of the molecule is Cc1ccc(N2CCN(C)CC2)cc1C(=O)N[C@H](C)c1cc(-c2ccn(C)n2)nc2ccccc12. The minimum atomic E-state index is -0.204. The first-order valence-corrected chi connectivity index (χ1v) is 12.1. The molecule has 2 aromatic heterocycles. The van der Waals surface area contributed by atoms with E-state index in [0.717, 1.165) is 70.8 Å². The van der Waals surface area contributed by atoms with Crippen molar-refractivity contribution in [2.45, 2.75) is 19.9 Å². The molecule has 5 rings (SSSR count). The third-order valence-corrected chi connectivity index (χ3v) is 6.87. The molecular weight excluding hydrogens is 436 g/mol. The van der Waals surface area contributed by atoms with E-state index in [1.54, 1.807) is 4.68 Å². The van der Waals surface area contributed by atoms with Crippen LogP contribution in [-0.2, 0) is 7.05 Å². The van der Waals surface area contributed by atoms with Crippen LogP contribution >= 0.6 is 0 Å². The predicted molar refractivity (Wildman–Crippen MR) is 141 cm³/mol. The maximum atomic E-state index is 13.5. The standard InChI is InChI=1S/C28H32N6O/c1-19-9-10-21(34-15-13-32(3)14-16-34)17-23(19)28(35)29-20(2)24-18-27(26-11-12-33(4)31-26)30-25-8-6-5-7-22(24)25/h5-12,17-18,20H,13-16H2,1-4H3,(H,29,35)/t20-/m1/s1. The van der Waals surface area contributed by atoms with Gasteiger partial charge in [-0.3, -0.25) is 9.48 Å². The van der Waals surface area contributed by atoms with Gasteiger partial charge in [-0.25, -0.2) is 4.98 Å². The van der Waals surface area contributed by atoms with E-state index in [2.05, 4.69) is 39.4 Å². The maximum Gasteiger partial charge on any atom is 0.252 e. The summed E-state index contributed by atoms with van der Waals surface area (Å²) in [5.74, 6) is -0.0637. The minimum Gasteiger partial charge on any atom is -0.369 e. The summed E-state index contributed by atoms with van der Waals surface area (Å²) in [5, 5.41) is 8.80. The molecule has 7 heteroatoms. The second-order valence-electron chi connectivity index (χ2n) is 9.47. The molecule has 1 aliphatic heterocycles. The van der Waals surface area contributed by atoms with E-state index < -0.39 is 0 Å². The van der Waals surface area contributed by atoms with Gasteiger partial charge in [0.15, 0.2) is 0 Å². The number of nitrogens with one attached hydrogen (secondary N) is 1. The molecular formula is C28H32N6O. The van der Waals surface area contributed by atoms with Crippen LogP contribution < -0.4 is 10.2 Å². The van der Waals surface area contributed by atoms with E-state index in [9.17, 15) is 4.79 Å². The van der Waals surface area contributed by atoms with Gasteiger partial charge in [0, 0.05) is 56.1 Å². The average molecular weight is 469 g/mol. The molecule has 0 aliphatic carbocycles. The van der Waals surface area contributed by atoms with Gasteiger partial charge in [0.2, 0.25) is 0 Å². The van der Waals surface area contributed by atoms with Crippen LogP contribution in [0.3, 0.4) is 0 Å². The van der Waals surface area contributed by atoms with E-state index in [1.807, 2.05) is 69.6 Å². The highest BCUT2D eigenvalue weighted by Crippen LogP contribution is 2.29. The van der Waals surface area contributed by atoms with Crippen LogP contribution in [0.25, 0.3) is 22.3 Å². The van der Waals surface area contributed by atoms with Crippen LogP contribution in [0.5, 0.6) is 0 Å². The molecule has 0 unspecified atom stereocenters. The first-order valence-electron chi connectivity index (χ1n) is 12.1. The molecule has 1 atom stereocenters. The number of aromatic nitrogens is 3. The number of likely N-dealkylation sites (N-methyl/N-ethyl adjacent to an activating group) is 1. The third-order valence-electron chi connectivity index (χ3n) is 6.87. The molecule has 0 bridgehead atoms. The van der Waals surface area contributed by atoms with Crippen molar-refractivity contribution in [1.29, 1.82) is 0 Å².